The summed E-state index contributed by atoms with van der Waals surface area (Å²) < 4.78 is 0. The number of benzene rings is 1. The van der Waals surface area contributed by atoms with Crippen LogP contribution in [0.15, 0.2) is 18.2 Å². The van der Waals surface area contributed by atoms with Gasteiger partial charge in [0.1, 0.15) is 0 Å². The van der Waals surface area contributed by atoms with E-state index in [1.54, 1.807) is 0 Å². The number of nitrogens with two attached hydrogens (primary N) is 1. The highest BCUT2D eigenvalue weighted by Gasteiger charge is 2.29. The normalized spacial score (nSPS) is 26.1. The maximum atomic E-state index is 6.49. The Balaban J connectivity index is 2.14. The monoisotopic (exact) mass is 231 g/mol. The number of aryl methyl sites for hydroxylation is 2. The van der Waals surface area contributed by atoms with E-state index in [4.69, 9.17) is 5.73 Å². The molecule has 2 rings (SSSR count). The molecule has 17 heavy (non-hydrogen) atoms. The van der Waals surface area contributed by atoms with Crippen molar-refractivity contribution in [2.24, 2.45) is 17.6 Å². The van der Waals surface area contributed by atoms with Crippen molar-refractivity contribution in [3.05, 3.63) is 34.9 Å². The van der Waals surface area contributed by atoms with E-state index in [1.807, 2.05) is 0 Å². The van der Waals surface area contributed by atoms with Gasteiger partial charge in [-0.1, -0.05) is 43.5 Å². The standard InChI is InChI=1S/C16H25N/c1-4-13-7-8-14(10-13)16(17)15-9-11(2)5-6-12(15)3/h5-6,9,13-14,16H,4,7-8,10,17H2,1-3H3. The van der Waals surface area contributed by atoms with Crippen LogP contribution < -0.4 is 5.73 Å². The van der Waals surface area contributed by atoms with E-state index in [1.165, 1.54) is 42.4 Å². The van der Waals surface area contributed by atoms with Crippen molar-refractivity contribution in [3.8, 4) is 0 Å². The molecule has 3 unspecified atom stereocenters. The van der Waals surface area contributed by atoms with Gasteiger partial charge in [0.25, 0.3) is 0 Å². The second kappa shape index (κ2) is 5.22. The lowest BCUT2D eigenvalue weighted by Crippen LogP contribution is -2.20. The first-order valence-electron chi connectivity index (χ1n) is 6.94. The van der Waals surface area contributed by atoms with Crippen molar-refractivity contribution in [1.82, 2.24) is 0 Å². The Labute approximate surface area is 105 Å². The van der Waals surface area contributed by atoms with Crippen LogP contribution in [-0.4, -0.2) is 0 Å². The minimum absolute atomic E-state index is 0.242. The molecule has 0 radical (unpaired) electrons. The Bertz CT molecular complexity index is 383. The quantitative estimate of drug-likeness (QED) is 0.831. The highest BCUT2D eigenvalue weighted by molar-refractivity contribution is 5.33. The fraction of sp³-hybridized carbons (Fsp3) is 0.625. The van der Waals surface area contributed by atoms with E-state index in [0.717, 1.165) is 5.92 Å². The van der Waals surface area contributed by atoms with Crippen LogP contribution in [0, 0.1) is 25.7 Å². The van der Waals surface area contributed by atoms with Gasteiger partial charge in [0.2, 0.25) is 0 Å². The molecule has 0 aliphatic heterocycles. The Morgan fingerprint density at radius 3 is 2.71 bits per heavy atom. The minimum atomic E-state index is 0.242. The minimum Gasteiger partial charge on any atom is -0.324 e. The van der Waals surface area contributed by atoms with Crippen LogP contribution in [0.1, 0.15) is 55.3 Å². The van der Waals surface area contributed by atoms with Crippen LogP contribution in [0.5, 0.6) is 0 Å². The molecule has 0 spiro atoms. The maximum Gasteiger partial charge on any atom is 0.0326 e. The van der Waals surface area contributed by atoms with E-state index in [2.05, 4.69) is 39.0 Å². The molecule has 3 atom stereocenters. The van der Waals surface area contributed by atoms with Gasteiger partial charge in [-0.2, -0.15) is 0 Å². The summed E-state index contributed by atoms with van der Waals surface area (Å²) in [6.07, 6.45) is 5.33. The van der Waals surface area contributed by atoms with Gasteiger partial charge in [0, 0.05) is 6.04 Å². The molecule has 1 fully saturated rings. The van der Waals surface area contributed by atoms with Crippen LogP contribution in [0.25, 0.3) is 0 Å². The van der Waals surface area contributed by atoms with Gasteiger partial charge < -0.3 is 5.73 Å². The third kappa shape index (κ3) is 2.71. The third-order valence-electron chi connectivity index (χ3n) is 4.46. The van der Waals surface area contributed by atoms with Crippen molar-refractivity contribution in [2.75, 3.05) is 0 Å². The Kier molecular flexibility index (Phi) is 3.88. The van der Waals surface area contributed by atoms with Gasteiger partial charge in [-0.05, 0) is 49.7 Å². The average Bonchev–Trinajstić information content (AvgIpc) is 2.80. The summed E-state index contributed by atoms with van der Waals surface area (Å²) in [5.74, 6) is 1.61. The molecule has 1 aliphatic carbocycles. The zero-order chi connectivity index (χ0) is 12.4. The van der Waals surface area contributed by atoms with Gasteiger partial charge in [0.15, 0.2) is 0 Å². The lowest BCUT2D eigenvalue weighted by atomic mass is 9.88. The van der Waals surface area contributed by atoms with E-state index in [9.17, 15) is 0 Å². The predicted octanol–water partition coefficient (Wildman–Crippen LogP) is 4.13. The molecule has 0 aromatic heterocycles. The second-order valence-corrected chi connectivity index (χ2v) is 5.73. The highest BCUT2D eigenvalue weighted by Crippen LogP contribution is 2.39. The maximum absolute atomic E-state index is 6.49. The number of hydrogen-bond acceptors (Lipinski definition) is 1. The molecule has 1 aromatic carbocycles. The van der Waals surface area contributed by atoms with Crippen LogP contribution in [0.2, 0.25) is 0 Å². The summed E-state index contributed by atoms with van der Waals surface area (Å²) in [5, 5.41) is 0. The molecule has 94 valence electrons. The molecular formula is C16H25N. The van der Waals surface area contributed by atoms with Crippen molar-refractivity contribution < 1.29 is 0 Å². The Morgan fingerprint density at radius 1 is 1.29 bits per heavy atom. The molecule has 0 bridgehead atoms. The van der Waals surface area contributed by atoms with Crippen molar-refractivity contribution >= 4 is 0 Å². The number of rotatable bonds is 3. The first-order chi connectivity index (χ1) is 8.11. The van der Waals surface area contributed by atoms with Crippen molar-refractivity contribution in [3.63, 3.8) is 0 Å². The molecule has 0 heterocycles. The zero-order valence-corrected chi connectivity index (χ0v) is 11.4. The van der Waals surface area contributed by atoms with Gasteiger partial charge >= 0.3 is 0 Å². The summed E-state index contributed by atoms with van der Waals surface area (Å²) in [7, 11) is 0. The van der Waals surface area contributed by atoms with Gasteiger partial charge in [-0.15, -0.1) is 0 Å². The largest absolute Gasteiger partial charge is 0.324 e. The lowest BCUT2D eigenvalue weighted by molar-refractivity contribution is 0.415. The molecule has 2 N–H and O–H groups in total. The summed E-state index contributed by atoms with van der Waals surface area (Å²) in [6, 6.07) is 6.90. The topological polar surface area (TPSA) is 26.0 Å². The van der Waals surface area contributed by atoms with Crippen LogP contribution >= 0.6 is 0 Å². The van der Waals surface area contributed by atoms with Crippen molar-refractivity contribution in [1.29, 1.82) is 0 Å². The molecule has 0 amide bonds. The average molecular weight is 231 g/mol. The molecule has 1 nitrogen and oxygen atoms in total. The zero-order valence-electron chi connectivity index (χ0n) is 11.4. The summed E-state index contributed by atoms with van der Waals surface area (Å²) in [5.41, 5.74) is 10.5. The molecule has 1 aliphatic rings. The summed E-state index contributed by atoms with van der Waals surface area (Å²) in [6.45, 7) is 6.64. The van der Waals surface area contributed by atoms with E-state index in [0.29, 0.717) is 5.92 Å². The Morgan fingerprint density at radius 2 is 2.06 bits per heavy atom. The fourth-order valence-corrected chi connectivity index (χ4v) is 3.18. The molecule has 1 aromatic rings. The van der Waals surface area contributed by atoms with E-state index >= 15 is 0 Å². The van der Waals surface area contributed by atoms with Crippen LogP contribution in [-0.2, 0) is 0 Å². The van der Waals surface area contributed by atoms with Gasteiger partial charge in [-0.25, -0.2) is 0 Å². The van der Waals surface area contributed by atoms with Crippen molar-refractivity contribution in [2.45, 2.75) is 52.5 Å². The first kappa shape index (κ1) is 12.6. The molecular weight excluding hydrogens is 206 g/mol. The fourth-order valence-electron chi connectivity index (χ4n) is 3.18. The molecule has 1 saturated carbocycles. The SMILES string of the molecule is CCC1CCC(C(N)c2cc(C)ccc2C)C1. The number of hydrogen-bond donors (Lipinski definition) is 1. The van der Waals surface area contributed by atoms with Crippen LogP contribution in [0.4, 0.5) is 0 Å². The molecule has 1 heteroatoms. The summed E-state index contributed by atoms with van der Waals surface area (Å²) >= 11 is 0. The Hall–Kier alpha value is -0.820. The molecule has 0 saturated heterocycles. The van der Waals surface area contributed by atoms with Gasteiger partial charge in [0.05, 0.1) is 0 Å². The predicted molar refractivity (Wildman–Crippen MR) is 74.0 cm³/mol. The second-order valence-electron chi connectivity index (χ2n) is 5.73. The lowest BCUT2D eigenvalue weighted by Gasteiger charge is -2.22. The smallest absolute Gasteiger partial charge is 0.0326 e. The van der Waals surface area contributed by atoms with Gasteiger partial charge in [-0.3, -0.25) is 0 Å². The van der Waals surface area contributed by atoms with E-state index in [-0.39, 0.29) is 6.04 Å². The van der Waals surface area contributed by atoms with E-state index < -0.39 is 0 Å². The van der Waals surface area contributed by atoms with Crippen LogP contribution in [0.3, 0.4) is 0 Å². The highest BCUT2D eigenvalue weighted by atomic mass is 14.7. The first-order valence-corrected chi connectivity index (χ1v) is 6.94. The third-order valence-corrected chi connectivity index (χ3v) is 4.46. The summed E-state index contributed by atoms with van der Waals surface area (Å²) in [4.78, 5) is 0.